The van der Waals surface area contributed by atoms with Crippen molar-refractivity contribution >= 4 is 5.69 Å². The third kappa shape index (κ3) is 1.50. The average Bonchev–Trinajstić information content (AvgIpc) is 3.02. The molecule has 1 aliphatic rings. The molecule has 0 amide bonds. The summed E-state index contributed by atoms with van der Waals surface area (Å²) in [6, 6.07) is 8.55. The molecule has 3 N–H and O–H groups in total. The zero-order chi connectivity index (χ0) is 10.3. The van der Waals surface area contributed by atoms with E-state index in [1.807, 2.05) is 0 Å². The van der Waals surface area contributed by atoms with Gasteiger partial charge in [-0.15, -0.1) is 0 Å². The monoisotopic (exact) mass is 199 g/mol. The molecule has 1 aromatic carbocycles. The SMILES string of the molecule is Nc1cn[nH]c1-c1cccc(C2CC2)c1. The molecule has 0 bridgehead atoms. The normalized spacial score (nSPS) is 15.5. The lowest BCUT2D eigenvalue weighted by Gasteiger charge is -2.02. The molecule has 1 fully saturated rings. The van der Waals surface area contributed by atoms with Crippen molar-refractivity contribution in [2.45, 2.75) is 18.8 Å². The van der Waals surface area contributed by atoms with E-state index in [9.17, 15) is 0 Å². The lowest BCUT2D eigenvalue weighted by Crippen LogP contribution is -1.88. The zero-order valence-corrected chi connectivity index (χ0v) is 8.40. The maximum atomic E-state index is 5.82. The molecule has 0 atom stereocenters. The molecule has 1 aromatic heterocycles. The maximum absolute atomic E-state index is 5.82. The standard InChI is InChI=1S/C12H13N3/c13-11-7-14-15-12(11)10-3-1-2-9(6-10)8-4-5-8/h1-3,6-8H,4-5,13H2,(H,14,15). The zero-order valence-electron chi connectivity index (χ0n) is 8.40. The highest BCUT2D eigenvalue weighted by molar-refractivity contribution is 5.72. The highest BCUT2D eigenvalue weighted by Crippen LogP contribution is 2.41. The number of H-pyrrole nitrogens is 1. The Labute approximate surface area is 88.3 Å². The van der Waals surface area contributed by atoms with E-state index in [2.05, 4.69) is 34.5 Å². The fraction of sp³-hybridized carbons (Fsp3) is 0.250. The number of nitrogens with one attached hydrogen (secondary N) is 1. The van der Waals surface area contributed by atoms with Crippen molar-refractivity contribution in [3.63, 3.8) is 0 Å². The van der Waals surface area contributed by atoms with Crippen LogP contribution >= 0.6 is 0 Å². The van der Waals surface area contributed by atoms with Crippen LogP contribution in [0.3, 0.4) is 0 Å². The molecule has 0 saturated heterocycles. The van der Waals surface area contributed by atoms with Crippen LogP contribution in [0.1, 0.15) is 24.3 Å². The Kier molecular flexibility index (Phi) is 1.78. The minimum absolute atomic E-state index is 0.711. The topological polar surface area (TPSA) is 54.7 Å². The molecule has 1 heterocycles. The third-order valence-corrected chi connectivity index (χ3v) is 2.89. The third-order valence-electron chi connectivity index (χ3n) is 2.89. The van der Waals surface area contributed by atoms with E-state index >= 15 is 0 Å². The molecule has 0 radical (unpaired) electrons. The maximum Gasteiger partial charge on any atom is 0.0880 e. The van der Waals surface area contributed by atoms with Gasteiger partial charge in [0, 0.05) is 5.56 Å². The van der Waals surface area contributed by atoms with Crippen LogP contribution < -0.4 is 5.73 Å². The quantitative estimate of drug-likeness (QED) is 0.780. The van der Waals surface area contributed by atoms with E-state index in [4.69, 9.17) is 5.73 Å². The Morgan fingerprint density at radius 2 is 2.20 bits per heavy atom. The van der Waals surface area contributed by atoms with Crippen molar-refractivity contribution in [2.75, 3.05) is 5.73 Å². The number of benzene rings is 1. The van der Waals surface area contributed by atoms with Gasteiger partial charge < -0.3 is 5.73 Å². The van der Waals surface area contributed by atoms with Gasteiger partial charge in [-0.2, -0.15) is 5.10 Å². The van der Waals surface area contributed by atoms with Gasteiger partial charge in [-0.1, -0.05) is 18.2 Å². The van der Waals surface area contributed by atoms with Gasteiger partial charge >= 0.3 is 0 Å². The van der Waals surface area contributed by atoms with E-state index in [0.29, 0.717) is 5.69 Å². The summed E-state index contributed by atoms with van der Waals surface area (Å²) >= 11 is 0. The van der Waals surface area contributed by atoms with Gasteiger partial charge in [-0.3, -0.25) is 5.10 Å². The number of hydrogen-bond donors (Lipinski definition) is 2. The summed E-state index contributed by atoms with van der Waals surface area (Å²) in [5, 5.41) is 6.87. The average molecular weight is 199 g/mol. The van der Waals surface area contributed by atoms with Crippen molar-refractivity contribution in [2.24, 2.45) is 0 Å². The number of hydrogen-bond acceptors (Lipinski definition) is 2. The van der Waals surface area contributed by atoms with Gasteiger partial charge in [0.1, 0.15) is 0 Å². The van der Waals surface area contributed by atoms with E-state index in [0.717, 1.165) is 17.2 Å². The number of anilines is 1. The molecule has 0 aliphatic heterocycles. The molecule has 1 aliphatic carbocycles. The smallest absolute Gasteiger partial charge is 0.0880 e. The molecular weight excluding hydrogens is 186 g/mol. The van der Waals surface area contributed by atoms with Crippen molar-refractivity contribution < 1.29 is 0 Å². The van der Waals surface area contributed by atoms with Crippen LogP contribution in [-0.2, 0) is 0 Å². The van der Waals surface area contributed by atoms with E-state index < -0.39 is 0 Å². The summed E-state index contributed by atoms with van der Waals surface area (Å²) < 4.78 is 0. The second-order valence-electron chi connectivity index (χ2n) is 4.10. The molecule has 0 spiro atoms. The molecule has 3 heteroatoms. The van der Waals surface area contributed by atoms with E-state index in [-0.39, 0.29) is 0 Å². The van der Waals surface area contributed by atoms with Crippen LogP contribution in [-0.4, -0.2) is 10.2 Å². The number of aromatic nitrogens is 2. The van der Waals surface area contributed by atoms with Crippen molar-refractivity contribution in [3.05, 3.63) is 36.0 Å². The van der Waals surface area contributed by atoms with Crippen LogP contribution in [0, 0.1) is 0 Å². The molecule has 1 saturated carbocycles. The molecule has 3 rings (SSSR count). The number of nitrogens with zero attached hydrogens (tertiary/aromatic N) is 1. The Morgan fingerprint density at radius 3 is 2.87 bits per heavy atom. The highest BCUT2D eigenvalue weighted by Gasteiger charge is 2.23. The minimum Gasteiger partial charge on any atom is -0.396 e. The lowest BCUT2D eigenvalue weighted by molar-refractivity contribution is 1.09. The fourth-order valence-electron chi connectivity index (χ4n) is 1.89. The Hall–Kier alpha value is -1.77. The van der Waals surface area contributed by atoms with Gasteiger partial charge in [0.05, 0.1) is 17.6 Å². The first kappa shape index (κ1) is 8.53. The minimum atomic E-state index is 0.711. The number of aromatic amines is 1. The molecule has 2 aromatic rings. The van der Waals surface area contributed by atoms with Gasteiger partial charge in [0.15, 0.2) is 0 Å². The molecule has 15 heavy (non-hydrogen) atoms. The molecule has 0 unspecified atom stereocenters. The summed E-state index contributed by atoms with van der Waals surface area (Å²) in [4.78, 5) is 0. The Bertz CT molecular complexity index is 483. The Balaban J connectivity index is 2.04. The predicted molar refractivity (Wildman–Crippen MR) is 60.4 cm³/mol. The van der Waals surface area contributed by atoms with Crippen molar-refractivity contribution in [1.29, 1.82) is 0 Å². The summed E-state index contributed by atoms with van der Waals surface area (Å²) in [5.41, 5.74) is 10.0. The Morgan fingerprint density at radius 1 is 1.33 bits per heavy atom. The first-order valence-electron chi connectivity index (χ1n) is 5.24. The van der Waals surface area contributed by atoms with E-state index in [1.165, 1.54) is 18.4 Å². The van der Waals surface area contributed by atoms with Crippen molar-refractivity contribution in [3.8, 4) is 11.3 Å². The van der Waals surface area contributed by atoms with Crippen molar-refractivity contribution in [1.82, 2.24) is 10.2 Å². The summed E-state index contributed by atoms with van der Waals surface area (Å²) in [6.07, 6.45) is 4.29. The van der Waals surface area contributed by atoms with Crippen LogP contribution in [0.15, 0.2) is 30.5 Å². The molecule has 76 valence electrons. The van der Waals surface area contributed by atoms with Gasteiger partial charge in [-0.05, 0) is 30.4 Å². The van der Waals surface area contributed by atoms with Crippen LogP contribution in [0.5, 0.6) is 0 Å². The number of nitrogen functional groups attached to an aromatic ring is 1. The largest absolute Gasteiger partial charge is 0.396 e. The summed E-state index contributed by atoms with van der Waals surface area (Å²) in [5.74, 6) is 0.772. The second kappa shape index (κ2) is 3.12. The predicted octanol–water partition coefficient (Wildman–Crippen LogP) is 2.54. The summed E-state index contributed by atoms with van der Waals surface area (Å²) in [6.45, 7) is 0. The fourth-order valence-corrected chi connectivity index (χ4v) is 1.89. The van der Waals surface area contributed by atoms with Gasteiger partial charge in [0.2, 0.25) is 0 Å². The second-order valence-corrected chi connectivity index (χ2v) is 4.10. The van der Waals surface area contributed by atoms with Crippen LogP contribution in [0.4, 0.5) is 5.69 Å². The van der Waals surface area contributed by atoms with Gasteiger partial charge in [0.25, 0.3) is 0 Å². The number of nitrogens with two attached hydrogens (primary N) is 1. The summed E-state index contributed by atoms with van der Waals surface area (Å²) in [7, 11) is 0. The number of rotatable bonds is 2. The first-order chi connectivity index (χ1) is 7.34. The molecule has 3 nitrogen and oxygen atoms in total. The lowest BCUT2D eigenvalue weighted by atomic mass is 10.0. The molecular formula is C12H13N3. The van der Waals surface area contributed by atoms with Gasteiger partial charge in [-0.25, -0.2) is 0 Å². The van der Waals surface area contributed by atoms with E-state index in [1.54, 1.807) is 6.20 Å². The highest BCUT2D eigenvalue weighted by atomic mass is 15.1. The van der Waals surface area contributed by atoms with Crippen LogP contribution in [0.2, 0.25) is 0 Å². The van der Waals surface area contributed by atoms with Crippen LogP contribution in [0.25, 0.3) is 11.3 Å². The first-order valence-corrected chi connectivity index (χ1v) is 5.24.